The summed E-state index contributed by atoms with van der Waals surface area (Å²) in [6, 6.07) is 9.76. The third-order valence-electron chi connectivity index (χ3n) is 8.13. The first kappa shape index (κ1) is 24.7. The number of rotatable bonds is 5. The Morgan fingerprint density at radius 3 is 2.42 bits per heavy atom. The topological polar surface area (TPSA) is 85.7 Å². The molecule has 0 saturated heterocycles. The van der Waals surface area contributed by atoms with Crippen molar-refractivity contribution in [2.45, 2.75) is 96.6 Å². The van der Waals surface area contributed by atoms with Crippen LogP contribution >= 0.6 is 0 Å². The summed E-state index contributed by atoms with van der Waals surface area (Å²) < 4.78 is 13.2. The smallest absolute Gasteiger partial charge is 0.410 e. The zero-order valence-corrected chi connectivity index (χ0v) is 21.7. The second kappa shape index (κ2) is 9.45. The van der Waals surface area contributed by atoms with Gasteiger partial charge in [0.25, 0.3) is 0 Å². The van der Waals surface area contributed by atoms with E-state index in [0.29, 0.717) is 13.1 Å². The molecule has 6 rings (SSSR count). The van der Waals surface area contributed by atoms with Crippen LogP contribution in [0, 0.1) is 5.41 Å². The number of ether oxygens (including phenoxy) is 2. The Bertz CT molecular complexity index is 1080. The van der Waals surface area contributed by atoms with Crippen LogP contribution in [-0.2, 0) is 35.6 Å². The lowest BCUT2D eigenvalue weighted by molar-refractivity contribution is -0.00524. The van der Waals surface area contributed by atoms with Crippen molar-refractivity contribution in [1.29, 1.82) is 0 Å². The van der Waals surface area contributed by atoms with Crippen LogP contribution in [0.3, 0.4) is 0 Å². The molecule has 1 aliphatic heterocycles. The summed E-state index contributed by atoms with van der Waals surface area (Å²) in [6.07, 6.45) is 8.32. The van der Waals surface area contributed by atoms with Gasteiger partial charge in [-0.2, -0.15) is 5.10 Å². The Kier molecular flexibility index (Phi) is 6.47. The minimum absolute atomic E-state index is 0.131. The minimum atomic E-state index is -0.485. The van der Waals surface area contributed by atoms with Gasteiger partial charge in [0.1, 0.15) is 12.2 Å². The first-order chi connectivity index (χ1) is 17.1. The molecule has 4 aliphatic rings. The average molecular weight is 495 g/mol. The van der Waals surface area contributed by atoms with Gasteiger partial charge < -0.3 is 19.7 Å². The van der Waals surface area contributed by atoms with E-state index in [0.717, 1.165) is 62.6 Å². The number of carbonyl (C=O) groups is 2. The van der Waals surface area contributed by atoms with E-state index in [2.05, 4.69) is 10.00 Å². The standard InChI is InChI=1S/C28H38N4O4/c1-26(2,3)36-24(33)30-28-13-10-27(11-14-28,12-15-28)20-32-23-9-16-31(18-22(23)17-29-32)25(34)35-19-21-7-5-4-6-8-21/h4-8,17H,9-16,18-20H2,1-3H3,(H,30,33). The Balaban J connectivity index is 1.16. The zero-order chi connectivity index (χ0) is 25.4. The largest absolute Gasteiger partial charge is 0.445 e. The molecule has 0 unspecified atom stereocenters. The molecule has 2 amide bonds. The summed E-state index contributed by atoms with van der Waals surface area (Å²) in [5, 5.41) is 7.95. The summed E-state index contributed by atoms with van der Waals surface area (Å²) in [6.45, 7) is 8.07. The van der Waals surface area contributed by atoms with Crippen LogP contribution in [0.25, 0.3) is 0 Å². The molecule has 194 valence electrons. The van der Waals surface area contributed by atoms with Gasteiger partial charge in [0.05, 0.1) is 12.7 Å². The van der Waals surface area contributed by atoms with Crippen LogP contribution in [-0.4, -0.2) is 44.6 Å². The number of hydrogen-bond acceptors (Lipinski definition) is 5. The summed E-state index contributed by atoms with van der Waals surface area (Å²) >= 11 is 0. The number of fused-ring (bicyclic) bond motifs is 4. The molecule has 0 atom stereocenters. The molecular weight excluding hydrogens is 456 g/mol. The van der Waals surface area contributed by atoms with Crippen molar-refractivity contribution in [3.05, 3.63) is 53.3 Å². The van der Waals surface area contributed by atoms with Crippen molar-refractivity contribution in [1.82, 2.24) is 20.0 Å². The van der Waals surface area contributed by atoms with Crippen molar-refractivity contribution >= 4 is 12.2 Å². The predicted octanol–water partition coefficient (Wildman–Crippen LogP) is 5.20. The number of aromatic nitrogens is 2. The van der Waals surface area contributed by atoms with Gasteiger partial charge in [-0.05, 0) is 70.3 Å². The summed E-state index contributed by atoms with van der Waals surface area (Å²) in [5.74, 6) is 0. The molecule has 0 radical (unpaired) electrons. The molecule has 2 bridgehead atoms. The van der Waals surface area contributed by atoms with E-state index in [9.17, 15) is 9.59 Å². The molecule has 36 heavy (non-hydrogen) atoms. The zero-order valence-electron chi connectivity index (χ0n) is 21.7. The third kappa shape index (κ3) is 5.37. The second-order valence-electron chi connectivity index (χ2n) is 11.9. The van der Waals surface area contributed by atoms with E-state index in [-0.39, 0.29) is 29.7 Å². The predicted molar refractivity (Wildman–Crippen MR) is 135 cm³/mol. The maximum absolute atomic E-state index is 12.6. The van der Waals surface area contributed by atoms with Gasteiger partial charge in [-0.3, -0.25) is 4.68 Å². The lowest BCUT2D eigenvalue weighted by atomic mass is 9.57. The van der Waals surface area contributed by atoms with Crippen LogP contribution in [0.4, 0.5) is 9.59 Å². The van der Waals surface area contributed by atoms with E-state index >= 15 is 0 Å². The summed E-state index contributed by atoms with van der Waals surface area (Å²) in [5.41, 5.74) is 2.95. The Morgan fingerprint density at radius 1 is 1.06 bits per heavy atom. The van der Waals surface area contributed by atoms with Gasteiger partial charge in [0, 0.05) is 36.3 Å². The molecule has 2 aromatic rings. The molecule has 1 N–H and O–H groups in total. The molecule has 3 saturated carbocycles. The normalized spacial score (nSPS) is 25.2. The van der Waals surface area contributed by atoms with Gasteiger partial charge in [0.15, 0.2) is 0 Å². The number of benzene rings is 1. The van der Waals surface area contributed by atoms with Crippen molar-refractivity contribution in [2.24, 2.45) is 5.41 Å². The van der Waals surface area contributed by atoms with Gasteiger partial charge in [-0.25, -0.2) is 9.59 Å². The molecule has 8 nitrogen and oxygen atoms in total. The lowest BCUT2D eigenvalue weighted by Crippen LogP contribution is -2.58. The Labute approximate surface area is 213 Å². The van der Waals surface area contributed by atoms with Gasteiger partial charge in [-0.1, -0.05) is 30.3 Å². The Hall–Kier alpha value is -3.03. The van der Waals surface area contributed by atoms with Crippen LogP contribution in [0.5, 0.6) is 0 Å². The fourth-order valence-corrected chi connectivity index (χ4v) is 6.03. The van der Waals surface area contributed by atoms with Gasteiger partial charge in [-0.15, -0.1) is 0 Å². The number of nitrogens with zero attached hydrogens (tertiary/aromatic N) is 3. The first-order valence-electron chi connectivity index (χ1n) is 13.1. The van der Waals surface area contributed by atoms with E-state index in [4.69, 9.17) is 14.6 Å². The van der Waals surface area contributed by atoms with Crippen molar-refractivity contribution in [3.8, 4) is 0 Å². The minimum Gasteiger partial charge on any atom is -0.445 e. The maximum atomic E-state index is 12.6. The van der Waals surface area contributed by atoms with Crippen molar-refractivity contribution in [2.75, 3.05) is 6.54 Å². The highest BCUT2D eigenvalue weighted by Crippen LogP contribution is 2.53. The third-order valence-corrected chi connectivity index (χ3v) is 8.13. The average Bonchev–Trinajstić information content (AvgIpc) is 3.24. The fraction of sp³-hybridized carbons (Fsp3) is 0.607. The number of nitrogens with one attached hydrogen (secondary N) is 1. The highest BCUT2D eigenvalue weighted by Gasteiger charge is 2.50. The quantitative estimate of drug-likeness (QED) is 0.618. The lowest BCUT2D eigenvalue weighted by Gasteiger charge is -2.53. The Morgan fingerprint density at radius 2 is 1.75 bits per heavy atom. The van der Waals surface area contributed by atoms with Crippen molar-refractivity contribution in [3.63, 3.8) is 0 Å². The first-order valence-corrected chi connectivity index (χ1v) is 13.1. The fourth-order valence-electron chi connectivity index (χ4n) is 6.03. The highest BCUT2D eigenvalue weighted by molar-refractivity contribution is 5.69. The number of hydrogen-bond donors (Lipinski definition) is 1. The van der Waals surface area contributed by atoms with Crippen LogP contribution in [0.15, 0.2) is 36.5 Å². The number of carbonyl (C=O) groups excluding carboxylic acids is 2. The van der Waals surface area contributed by atoms with E-state index in [1.165, 1.54) is 5.69 Å². The monoisotopic (exact) mass is 494 g/mol. The van der Waals surface area contributed by atoms with Crippen LogP contribution < -0.4 is 5.32 Å². The van der Waals surface area contributed by atoms with E-state index < -0.39 is 5.60 Å². The maximum Gasteiger partial charge on any atom is 0.410 e. The summed E-state index contributed by atoms with van der Waals surface area (Å²) in [4.78, 5) is 26.8. The molecule has 0 spiro atoms. The second-order valence-corrected chi connectivity index (χ2v) is 11.9. The van der Waals surface area contributed by atoms with Gasteiger partial charge in [0.2, 0.25) is 0 Å². The number of alkyl carbamates (subject to hydrolysis) is 1. The summed E-state index contributed by atoms with van der Waals surface area (Å²) in [7, 11) is 0. The van der Waals surface area contributed by atoms with E-state index in [1.807, 2.05) is 57.3 Å². The molecule has 3 fully saturated rings. The van der Waals surface area contributed by atoms with Crippen LogP contribution in [0.2, 0.25) is 0 Å². The SMILES string of the molecule is CC(C)(C)OC(=O)NC12CCC(Cn3ncc4c3CCN(C(=O)OCc3ccccc3)C4)(CC1)CC2. The molecular formula is C28H38N4O4. The molecule has 3 aliphatic carbocycles. The molecule has 1 aromatic carbocycles. The molecule has 1 aromatic heterocycles. The van der Waals surface area contributed by atoms with E-state index in [1.54, 1.807) is 4.90 Å². The highest BCUT2D eigenvalue weighted by atomic mass is 16.6. The van der Waals surface area contributed by atoms with Crippen molar-refractivity contribution < 1.29 is 19.1 Å². The number of amides is 2. The van der Waals surface area contributed by atoms with Gasteiger partial charge >= 0.3 is 12.2 Å². The van der Waals surface area contributed by atoms with Crippen LogP contribution in [0.1, 0.15) is 76.1 Å². The molecule has 8 heteroatoms. The molecule has 2 heterocycles.